The molecule has 2 amide bonds. The molecule has 0 radical (unpaired) electrons. The van der Waals surface area contributed by atoms with Gasteiger partial charge in [0, 0.05) is 17.5 Å². The van der Waals surface area contributed by atoms with E-state index in [4.69, 9.17) is 4.74 Å². The first-order valence-electron chi connectivity index (χ1n) is 6.27. The number of carbonyl (C=O) groups is 2. The molecule has 0 saturated carbocycles. The van der Waals surface area contributed by atoms with Crippen LogP contribution in [0.3, 0.4) is 0 Å². The number of methoxy groups -OCH3 is 1. The highest BCUT2D eigenvalue weighted by molar-refractivity contribution is 5.98. The molecule has 2 rings (SSSR count). The molecule has 0 fully saturated rings. The van der Waals surface area contributed by atoms with Gasteiger partial charge in [0.15, 0.2) is 0 Å². The molecular formula is C15H15N3O3. The number of nitrogens with one attached hydrogen (secondary N) is 2. The first-order chi connectivity index (χ1) is 10.1. The van der Waals surface area contributed by atoms with Crippen molar-refractivity contribution >= 4 is 11.8 Å². The van der Waals surface area contributed by atoms with E-state index in [-0.39, 0.29) is 0 Å². The second-order valence-corrected chi connectivity index (χ2v) is 4.33. The van der Waals surface area contributed by atoms with Gasteiger partial charge < -0.3 is 4.74 Å². The third kappa shape index (κ3) is 3.79. The first kappa shape index (κ1) is 14.5. The minimum atomic E-state index is -0.427. The highest BCUT2D eigenvalue weighted by atomic mass is 16.5. The van der Waals surface area contributed by atoms with Crippen LogP contribution in [-0.2, 0) is 0 Å². The van der Waals surface area contributed by atoms with E-state index in [9.17, 15) is 9.59 Å². The Balaban J connectivity index is 1.93. The van der Waals surface area contributed by atoms with Gasteiger partial charge in [0.25, 0.3) is 11.8 Å². The predicted octanol–water partition coefficient (Wildman–Crippen LogP) is 1.47. The summed E-state index contributed by atoms with van der Waals surface area (Å²) in [5, 5.41) is 0. The largest absolute Gasteiger partial charge is 0.497 e. The molecule has 0 saturated heterocycles. The van der Waals surface area contributed by atoms with E-state index in [1.807, 2.05) is 6.92 Å². The van der Waals surface area contributed by atoms with Crippen LogP contribution in [0.1, 0.15) is 26.4 Å². The van der Waals surface area contributed by atoms with Crippen LogP contribution in [0.2, 0.25) is 0 Å². The van der Waals surface area contributed by atoms with Crippen molar-refractivity contribution in [3.8, 4) is 5.75 Å². The van der Waals surface area contributed by atoms with Gasteiger partial charge in [-0.2, -0.15) is 0 Å². The molecule has 0 aliphatic carbocycles. The highest BCUT2D eigenvalue weighted by Crippen LogP contribution is 2.10. The van der Waals surface area contributed by atoms with Crippen LogP contribution in [0.5, 0.6) is 5.75 Å². The van der Waals surface area contributed by atoms with Gasteiger partial charge in [0.05, 0.1) is 12.7 Å². The first-order valence-corrected chi connectivity index (χ1v) is 6.27. The van der Waals surface area contributed by atoms with Crippen molar-refractivity contribution in [2.24, 2.45) is 0 Å². The normalized spacial score (nSPS) is 9.81. The molecule has 1 aromatic carbocycles. The average molecular weight is 285 g/mol. The lowest BCUT2D eigenvalue weighted by Crippen LogP contribution is -2.41. The van der Waals surface area contributed by atoms with Gasteiger partial charge in [0.1, 0.15) is 5.75 Å². The SMILES string of the molecule is COc1ccc(C(=O)NNC(=O)c2ccc(C)nc2)cc1. The lowest BCUT2D eigenvalue weighted by atomic mass is 10.2. The zero-order valence-corrected chi connectivity index (χ0v) is 11.7. The Bertz CT molecular complexity index is 636. The zero-order valence-electron chi connectivity index (χ0n) is 11.7. The van der Waals surface area contributed by atoms with Gasteiger partial charge in [-0.25, -0.2) is 0 Å². The maximum absolute atomic E-state index is 11.9. The number of hydrogen-bond donors (Lipinski definition) is 2. The maximum atomic E-state index is 11.9. The number of amides is 2. The van der Waals surface area contributed by atoms with Gasteiger partial charge in [0.2, 0.25) is 0 Å². The minimum Gasteiger partial charge on any atom is -0.497 e. The smallest absolute Gasteiger partial charge is 0.271 e. The molecule has 2 N–H and O–H groups in total. The zero-order chi connectivity index (χ0) is 15.2. The molecule has 0 bridgehead atoms. The highest BCUT2D eigenvalue weighted by Gasteiger charge is 2.09. The third-order valence-electron chi connectivity index (χ3n) is 2.82. The van der Waals surface area contributed by atoms with Crippen molar-refractivity contribution < 1.29 is 14.3 Å². The fourth-order valence-electron chi connectivity index (χ4n) is 1.60. The monoisotopic (exact) mass is 285 g/mol. The minimum absolute atomic E-state index is 0.371. The standard InChI is InChI=1S/C15H15N3O3/c1-10-3-4-12(9-16-10)15(20)18-17-14(19)11-5-7-13(21-2)8-6-11/h3-9H,1-2H3,(H,17,19)(H,18,20). The fraction of sp³-hybridized carbons (Fsp3) is 0.133. The number of hydrogen-bond acceptors (Lipinski definition) is 4. The fourth-order valence-corrected chi connectivity index (χ4v) is 1.60. The number of pyridine rings is 1. The van der Waals surface area contributed by atoms with E-state index in [2.05, 4.69) is 15.8 Å². The Morgan fingerprint density at radius 2 is 1.52 bits per heavy atom. The lowest BCUT2D eigenvalue weighted by molar-refractivity contribution is 0.0846. The summed E-state index contributed by atoms with van der Waals surface area (Å²) in [6, 6.07) is 9.90. The van der Waals surface area contributed by atoms with Gasteiger partial charge >= 0.3 is 0 Å². The molecule has 0 atom stereocenters. The van der Waals surface area contributed by atoms with Crippen LogP contribution in [0.15, 0.2) is 42.6 Å². The van der Waals surface area contributed by atoms with Gasteiger partial charge in [-0.15, -0.1) is 0 Å². The van der Waals surface area contributed by atoms with Crippen LogP contribution < -0.4 is 15.6 Å². The van der Waals surface area contributed by atoms with Crippen LogP contribution in [0.4, 0.5) is 0 Å². The second-order valence-electron chi connectivity index (χ2n) is 4.33. The van der Waals surface area contributed by atoms with E-state index >= 15 is 0 Å². The molecule has 1 heterocycles. The molecular weight excluding hydrogens is 270 g/mol. The summed E-state index contributed by atoms with van der Waals surface area (Å²) in [7, 11) is 1.55. The summed E-state index contributed by atoms with van der Waals surface area (Å²) < 4.78 is 5.01. The molecule has 0 aliphatic heterocycles. The summed E-state index contributed by atoms with van der Waals surface area (Å²) in [5.41, 5.74) is 6.28. The molecule has 0 aliphatic rings. The Hall–Kier alpha value is -2.89. The van der Waals surface area contributed by atoms with Gasteiger partial charge in [-0.3, -0.25) is 25.4 Å². The van der Waals surface area contributed by atoms with Crippen molar-refractivity contribution in [3.63, 3.8) is 0 Å². The van der Waals surface area contributed by atoms with Gasteiger partial charge in [-0.05, 0) is 43.3 Å². The maximum Gasteiger partial charge on any atom is 0.271 e. The molecule has 1 aromatic heterocycles. The van der Waals surface area contributed by atoms with Crippen LogP contribution in [-0.4, -0.2) is 23.9 Å². The molecule has 6 nitrogen and oxygen atoms in total. The number of benzene rings is 1. The second kappa shape index (κ2) is 6.51. The van der Waals surface area contributed by atoms with E-state index in [1.165, 1.54) is 6.20 Å². The molecule has 6 heteroatoms. The lowest BCUT2D eigenvalue weighted by Gasteiger charge is -2.08. The van der Waals surface area contributed by atoms with Crippen molar-refractivity contribution in [1.82, 2.24) is 15.8 Å². The molecule has 2 aromatic rings. The van der Waals surface area contributed by atoms with Crippen LogP contribution in [0, 0.1) is 6.92 Å². The van der Waals surface area contributed by atoms with Crippen LogP contribution in [0.25, 0.3) is 0 Å². The molecule has 108 valence electrons. The van der Waals surface area contributed by atoms with Crippen LogP contribution >= 0.6 is 0 Å². The topological polar surface area (TPSA) is 80.3 Å². The summed E-state index contributed by atoms with van der Waals surface area (Å²) in [6.45, 7) is 1.83. The Morgan fingerprint density at radius 3 is 2.05 bits per heavy atom. The molecule has 0 unspecified atom stereocenters. The van der Waals surface area contributed by atoms with E-state index in [0.717, 1.165) is 5.69 Å². The Labute approximate surface area is 122 Å². The van der Waals surface area contributed by atoms with E-state index in [1.54, 1.807) is 43.5 Å². The number of aromatic nitrogens is 1. The predicted molar refractivity (Wildman–Crippen MR) is 76.9 cm³/mol. The van der Waals surface area contributed by atoms with Crippen molar-refractivity contribution in [3.05, 3.63) is 59.4 Å². The number of ether oxygens (including phenoxy) is 1. The third-order valence-corrected chi connectivity index (χ3v) is 2.82. The summed E-state index contributed by atoms with van der Waals surface area (Å²) in [4.78, 5) is 27.7. The number of carbonyl (C=O) groups excluding carboxylic acids is 2. The molecule has 0 spiro atoms. The Kier molecular flexibility index (Phi) is 4.50. The quantitative estimate of drug-likeness (QED) is 0.837. The van der Waals surface area contributed by atoms with Crippen molar-refractivity contribution in [2.45, 2.75) is 6.92 Å². The average Bonchev–Trinajstić information content (AvgIpc) is 2.53. The van der Waals surface area contributed by atoms with E-state index < -0.39 is 11.8 Å². The summed E-state index contributed by atoms with van der Waals surface area (Å²) in [6.07, 6.45) is 1.45. The molecule has 21 heavy (non-hydrogen) atoms. The van der Waals surface area contributed by atoms with E-state index in [0.29, 0.717) is 16.9 Å². The van der Waals surface area contributed by atoms with Gasteiger partial charge in [-0.1, -0.05) is 0 Å². The van der Waals surface area contributed by atoms with Crippen molar-refractivity contribution in [2.75, 3.05) is 7.11 Å². The Morgan fingerprint density at radius 1 is 0.952 bits per heavy atom. The van der Waals surface area contributed by atoms with Crippen molar-refractivity contribution in [1.29, 1.82) is 0 Å². The number of aryl methyl sites for hydroxylation is 1. The summed E-state index contributed by atoms with van der Waals surface area (Å²) in [5.74, 6) is -0.184. The number of rotatable bonds is 3. The number of nitrogens with zero attached hydrogens (tertiary/aromatic N) is 1. The summed E-state index contributed by atoms with van der Waals surface area (Å²) >= 11 is 0. The number of hydrazine groups is 1.